The van der Waals surface area contributed by atoms with Gasteiger partial charge in [-0.1, -0.05) is 0 Å². The first-order valence-corrected chi connectivity index (χ1v) is 3.38. The summed E-state index contributed by atoms with van der Waals surface area (Å²) in [5.41, 5.74) is 7.79. The van der Waals surface area contributed by atoms with Gasteiger partial charge in [-0.3, -0.25) is 4.98 Å². The predicted octanol–water partition coefficient (Wildman–Crippen LogP) is 1.83. The van der Waals surface area contributed by atoms with E-state index in [1.807, 2.05) is 26.0 Å². The largest absolute Gasteiger partial charge is 0.323 e. The summed E-state index contributed by atoms with van der Waals surface area (Å²) in [6.45, 7) is 3.97. The molecule has 0 aliphatic rings. The van der Waals surface area contributed by atoms with E-state index >= 15 is 0 Å². The molecule has 1 aromatic rings. The zero-order chi connectivity index (χ0) is 7.56. The number of rotatable bonds is 1. The van der Waals surface area contributed by atoms with E-state index in [-0.39, 0.29) is 18.4 Å². The van der Waals surface area contributed by atoms with Crippen LogP contribution in [0.25, 0.3) is 0 Å². The number of aromatic nitrogens is 1. The highest BCUT2D eigenvalue weighted by Gasteiger charge is 1.98. The van der Waals surface area contributed by atoms with E-state index in [0.717, 1.165) is 5.69 Å². The van der Waals surface area contributed by atoms with Crippen molar-refractivity contribution in [3.63, 3.8) is 0 Å². The van der Waals surface area contributed by atoms with Crippen LogP contribution in [-0.4, -0.2) is 4.98 Å². The number of halogens is 1. The van der Waals surface area contributed by atoms with Gasteiger partial charge in [0.15, 0.2) is 0 Å². The molecule has 1 heterocycles. The van der Waals surface area contributed by atoms with Gasteiger partial charge in [-0.25, -0.2) is 0 Å². The standard InChI is InChI=1S/C8H12N2.ClH/c1-6-3-4-10-8(5-6)7(2)9;/h3-5,7H,9H2,1-2H3;1H. The first-order chi connectivity index (χ1) is 4.70. The number of hydrogen-bond acceptors (Lipinski definition) is 2. The number of hydrogen-bond donors (Lipinski definition) is 1. The van der Waals surface area contributed by atoms with Gasteiger partial charge >= 0.3 is 0 Å². The second kappa shape index (κ2) is 4.31. The summed E-state index contributed by atoms with van der Waals surface area (Å²) in [5.74, 6) is 0. The Morgan fingerprint density at radius 3 is 2.55 bits per heavy atom. The van der Waals surface area contributed by atoms with E-state index in [0.29, 0.717) is 0 Å². The second-order valence-electron chi connectivity index (χ2n) is 2.55. The molecule has 0 aliphatic heterocycles. The molecule has 1 atom stereocenters. The predicted molar refractivity (Wildman–Crippen MR) is 48.8 cm³/mol. The summed E-state index contributed by atoms with van der Waals surface area (Å²) in [4.78, 5) is 4.11. The van der Waals surface area contributed by atoms with Crippen LogP contribution < -0.4 is 5.73 Å². The van der Waals surface area contributed by atoms with Crippen LogP contribution in [0.1, 0.15) is 24.2 Å². The van der Waals surface area contributed by atoms with Crippen LogP contribution in [0, 0.1) is 6.92 Å². The molecule has 1 aromatic heterocycles. The van der Waals surface area contributed by atoms with Crippen LogP contribution >= 0.6 is 12.4 Å². The summed E-state index contributed by atoms with van der Waals surface area (Å²) < 4.78 is 0. The molecule has 1 unspecified atom stereocenters. The molecule has 0 saturated heterocycles. The summed E-state index contributed by atoms with van der Waals surface area (Å²) in [5, 5.41) is 0. The third kappa shape index (κ3) is 2.87. The van der Waals surface area contributed by atoms with Gasteiger partial charge in [-0.05, 0) is 31.5 Å². The number of nitrogens with zero attached hydrogens (tertiary/aromatic N) is 1. The lowest BCUT2D eigenvalue weighted by molar-refractivity contribution is 0.779. The van der Waals surface area contributed by atoms with Crippen LogP contribution in [-0.2, 0) is 0 Å². The maximum absolute atomic E-state index is 5.62. The van der Waals surface area contributed by atoms with Crippen LogP contribution in [0.3, 0.4) is 0 Å². The average molecular weight is 173 g/mol. The summed E-state index contributed by atoms with van der Waals surface area (Å²) in [6.07, 6.45) is 1.79. The molecular formula is C8H13ClN2. The fourth-order valence-corrected chi connectivity index (χ4v) is 0.809. The van der Waals surface area contributed by atoms with Crippen molar-refractivity contribution in [2.45, 2.75) is 19.9 Å². The lowest BCUT2D eigenvalue weighted by Crippen LogP contribution is -2.06. The molecule has 0 fully saturated rings. The van der Waals surface area contributed by atoms with E-state index in [1.165, 1.54) is 5.56 Å². The molecule has 0 aliphatic carbocycles. The minimum absolute atomic E-state index is 0. The Kier molecular flexibility index (Phi) is 4.08. The highest BCUT2D eigenvalue weighted by molar-refractivity contribution is 5.85. The van der Waals surface area contributed by atoms with Gasteiger partial charge in [0, 0.05) is 12.2 Å². The van der Waals surface area contributed by atoms with Crippen LogP contribution in [0.2, 0.25) is 0 Å². The molecule has 11 heavy (non-hydrogen) atoms. The molecule has 3 heteroatoms. The molecular weight excluding hydrogens is 160 g/mol. The van der Waals surface area contributed by atoms with Crippen molar-refractivity contribution in [1.82, 2.24) is 4.98 Å². The normalized spacial score (nSPS) is 11.9. The van der Waals surface area contributed by atoms with Crippen LogP contribution in [0.15, 0.2) is 18.3 Å². The minimum atomic E-state index is 0. The molecule has 0 amide bonds. The third-order valence-corrected chi connectivity index (χ3v) is 1.40. The molecule has 62 valence electrons. The second-order valence-corrected chi connectivity index (χ2v) is 2.55. The molecule has 1 rings (SSSR count). The fraction of sp³-hybridized carbons (Fsp3) is 0.375. The molecule has 0 aromatic carbocycles. The van der Waals surface area contributed by atoms with Crippen molar-refractivity contribution in [3.8, 4) is 0 Å². The Morgan fingerprint density at radius 2 is 2.18 bits per heavy atom. The van der Waals surface area contributed by atoms with Gasteiger partial charge in [0.25, 0.3) is 0 Å². The van der Waals surface area contributed by atoms with Crippen molar-refractivity contribution in [2.75, 3.05) is 0 Å². The monoisotopic (exact) mass is 172 g/mol. The fourth-order valence-electron chi connectivity index (χ4n) is 0.809. The molecule has 2 N–H and O–H groups in total. The summed E-state index contributed by atoms with van der Waals surface area (Å²) in [6, 6.07) is 4.01. The Morgan fingerprint density at radius 1 is 1.55 bits per heavy atom. The Labute approximate surface area is 73.2 Å². The summed E-state index contributed by atoms with van der Waals surface area (Å²) in [7, 11) is 0. The highest BCUT2D eigenvalue weighted by atomic mass is 35.5. The lowest BCUT2D eigenvalue weighted by atomic mass is 10.2. The maximum Gasteiger partial charge on any atom is 0.0570 e. The third-order valence-electron chi connectivity index (χ3n) is 1.40. The van der Waals surface area contributed by atoms with E-state index in [1.54, 1.807) is 6.20 Å². The van der Waals surface area contributed by atoms with Crippen molar-refractivity contribution >= 4 is 12.4 Å². The van der Waals surface area contributed by atoms with Crippen LogP contribution in [0.5, 0.6) is 0 Å². The number of aryl methyl sites for hydroxylation is 1. The average Bonchev–Trinajstić information content (AvgIpc) is 1.88. The first-order valence-electron chi connectivity index (χ1n) is 3.38. The molecule has 0 spiro atoms. The van der Waals surface area contributed by atoms with Gasteiger partial charge < -0.3 is 5.73 Å². The van der Waals surface area contributed by atoms with Gasteiger partial charge in [0.05, 0.1) is 5.69 Å². The Balaban J connectivity index is 0.000001000. The molecule has 0 saturated carbocycles. The van der Waals surface area contributed by atoms with Gasteiger partial charge in [0.2, 0.25) is 0 Å². The lowest BCUT2D eigenvalue weighted by Gasteiger charge is -2.03. The van der Waals surface area contributed by atoms with Gasteiger partial charge in [0.1, 0.15) is 0 Å². The smallest absolute Gasteiger partial charge is 0.0570 e. The SMILES string of the molecule is Cc1ccnc(C(C)N)c1.Cl. The van der Waals surface area contributed by atoms with Gasteiger partial charge in [-0.2, -0.15) is 0 Å². The number of pyridine rings is 1. The Bertz CT molecular complexity index is 223. The van der Waals surface area contributed by atoms with Crippen molar-refractivity contribution in [3.05, 3.63) is 29.6 Å². The molecule has 2 nitrogen and oxygen atoms in total. The van der Waals surface area contributed by atoms with E-state index < -0.39 is 0 Å². The van der Waals surface area contributed by atoms with E-state index in [2.05, 4.69) is 4.98 Å². The highest BCUT2D eigenvalue weighted by Crippen LogP contribution is 2.06. The zero-order valence-corrected chi connectivity index (χ0v) is 7.56. The van der Waals surface area contributed by atoms with Crippen molar-refractivity contribution in [1.29, 1.82) is 0 Å². The van der Waals surface area contributed by atoms with E-state index in [4.69, 9.17) is 5.73 Å². The quantitative estimate of drug-likeness (QED) is 0.702. The van der Waals surface area contributed by atoms with Gasteiger partial charge in [-0.15, -0.1) is 12.4 Å². The van der Waals surface area contributed by atoms with E-state index in [9.17, 15) is 0 Å². The molecule has 0 radical (unpaired) electrons. The summed E-state index contributed by atoms with van der Waals surface area (Å²) >= 11 is 0. The molecule has 0 bridgehead atoms. The Hall–Kier alpha value is -0.600. The minimum Gasteiger partial charge on any atom is -0.323 e. The zero-order valence-electron chi connectivity index (χ0n) is 6.74. The topological polar surface area (TPSA) is 38.9 Å². The number of nitrogens with two attached hydrogens (primary N) is 1. The van der Waals surface area contributed by atoms with Crippen molar-refractivity contribution < 1.29 is 0 Å². The van der Waals surface area contributed by atoms with Crippen LogP contribution in [0.4, 0.5) is 0 Å². The van der Waals surface area contributed by atoms with Crippen molar-refractivity contribution in [2.24, 2.45) is 5.73 Å². The first kappa shape index (κ1) is 10.4. The maximum atomic E-state index is 5.62.